The molecule has 1 aromatic rings. The van der Waals surface area contributed by atoms with Crippen LogP contribution in [0.4, 0.5) is 0 Å². The monoisotopic (exact) mass is 230 g/mol. The molecule has 0 fully saturated rings. The summed E-state index contributed by atoms with van der Waals surface area (Å²) in [6.07, 6.45) is 12.3. The van der Waals surface area contributed by atoms with Crippen molar-refractivity contribution in [1.29, 1.82) is 0 Å². The van der Waals surface area contributed by atoms with Crippen molar-refractivity contribution in [3.63, 3.8) is 0 Å². The van der Waals surface area contributed by atoms with E-state index in [9.17, 15) is 0 Å². The van der Waals surface area contributed by atoms with Gasteiger partial charge in [0.05, 0.1) is 0 Å². The van der Waals surface area contributed by atoms with E-state index in [0.717, 1.165) is 6.42 Å². The molecule has 0 aliphatic carbocycles. The predicted molar refractivity (Wildman–Crippen MR) is 77.4 cm³/mol. The Bertz CT molecular complexity index is 294. The SMILES string of the molecule is C=CCCCCCCCc1ccc(CC)cc1. The van der Waals surface area contributed by atoms with E-state index in [-0.39, 0.29) is 0 Å². The van der Waals surface area contributed by atoms with E-state index < -0.39 is 0 Å². The molecule has 0 radical (unpaired) electrons. The van der Waals surface area contributed by atoms with Crippen molar-refractivity contribution >= 4 is 0 Å². The Morgan fingerprint density at radius 1 is 0.882 bits per heavy atom. The van der Waals surface area contributed by atoms with E-state index in [1.807, 2.05) is 6.08 Å². The maximum absolute atomic E-state index is 3.75. The molecule has 0 N–H and O–H groups in total. The summed E-state index contributed by atoms with van der Waals surface area (Å²) in [5.41, 5.74) is 2.94. The van der Waals surface area contributed by atoms with Crippen molar-refractivity contribution in [2.24, 2.45) is 0 Å². The topological polar surface area (TPSA) is 0 Å². The highest BCUT2D eigenvalue weighted by Gasteiger charge is 1.94. The fraction of sp³-hybridized carbons (Fsp3) is 0.529. The summed E-state index contributed by atoms with van der Waals surface area (Å²) in [5, 5.41) is 0. The van der Waals surface area contributed by atoms with Crippen LogP contribution in [0.3, 0.4) is 0 Å². The van der Waals surface area contributed by atoms with Crippen molar-refractivity contribution in [1.82, 2.24) is 0 Å². The lowest BCUT2D eigenvalue weighted by Crippen LogP contribution is -1.87. The number of allylic oxidation sites excluding steroid dienone is 1. The Hall–Kier alpha value is -1.04. The smallest absolute Gasteiger partial charge is 0.0279 e. The van der Waals surface area contributed by atoms with Crippen LogP contribution in [0.2, 0.25) is 0 Å². The molecule has 0 unspecified atom stereocenters. The van der Waals surface area contributed by atoms with E-state index >= 15 is 0 Å². The zero-order valence-electron chi connectivity index (χ0n) is 11.3. The van der Waals surface area contributed by atoms with Crippen molar-refractivity contribution in [3.05, 3.63) is 48.0 Å². The maximum Gasteiger partial charge on any atom is -0.0279 e. The van der Waals surface area contributed by atoms with Crippen LogP contribution in [0.15, 0.2) is 36.9 Å². The quantitative estimate of drug-likeness (QED) is 0.398. The molecule has 94 valence electrons. The third-order valence-corrected chi connectivity index (χ3v) is 3.30. The largest absolute Gasteiger partial charge is 0.103 e. The highest BCUT2D eigenvalue weighted by molar-refractivity contribution is 5.22. The Morgan fingerprint density at radius 3 is 2.12 bits per heavy atom. The summed E-state index contributed by atoms with van der Waals surface area (Å²) in [7, 11) is 0. The molecule has 0 nitrogen and oxygen atoms in total. The summed E-state index contributed by atoms with van der Waals surface area (Å²) < 4.78 is 0. The fourth-order valence-electron chi connectivity index (χ4n) is 2.09. The molecule has 0 heterocycles. The summed E-state index contributed by atoms with van der Waals surface area (Å²) in [4.78, 5) is 0. The first-order valence-corrected chi connectivity index (χ1v) is 7.05. The van der Waals surface area contributed by atoms with Gasteiger partial charge < -0.3 is 0 Å². The van der Waals surface area contributed by atoms with E-state index in [1.165, 1.54) is 56.1 Å². The van der Waals surface area contributed by atoms with E-state index in [0.29, 0.717) is 0 Å². The van der Waals surface area contributed by atoms with E-state index in [2.05, 4.69) is 37.8 Å². The normalized spacial score (nSPS) is 10.4. The standard InChI is InChI=1S/C17H26/c1-3-5-6-7-8-9-10-11-17-14-12-16(4-2)13-15-17/h3,12-15H,1,4-11H2,2H3. The van der Waals surface area contributed by atoms with Gasteiger partial charge in [0.1, 0.15) is 0 Å². The molecule has 0 amide bonds. The lowest BCUT2D eigenvalue weighted by molar-refractivity contribution is 0.618. The summed E-state index contributed by atoms with van der Waals surface area (Å²) in [5.74, 6) is 0. The van der Waals surface area contributed by atoms with E-state index in [4.69, 9.17) is 0 Å². The number of hydrogen-bond acceptors (Lipinski definition) is 0. The van der Waals surface area contributed by atoms with Crippen LogP contribution in [-0.2, 0) is 12.8 Å². The zero-order chi connectivity index (χ0) is 12.3. The van der Waals surface area contributed by atoms with Crippen LogP contribution in [0, 0.1) is 0 Å². The van der Waals surface area contributed by atoms with Gasteiger partial charge in [-0.3, -0.25) is 0 Å². The number of benzene rings is 1. The Labute approximate surface area is 107 Å². The molecule has 17 heavy (non-hydrogen) atoms. The van der Waals surface area contributed by atoms with Crippen molar-refractivity contribution < 1.29 is 0 Å². The molecule has 0 spiro atoms. The van der Waals surface area contributed by atoms with Gasteiger partial charge >= 0.3 is 0 Å². The number of rotatable bonds is 9. The average molecular weight is 230 g/mol. The van der Waals surface area contributed by atoms with Gasteiger partial charge in [0.25, 0.3) is 0 Å². The molecule has 0 atom stereocenters. The van der Waals surface area contributed by atoms with Gasteiger partial charge in [-0.25, -0.2) is 0 Å². The number of aryl methyl sites for hydroxylation is 2. The first-order valence-electron chi connectivity index (χ1n) is 7.05. The summed E-state index contributed by atoms with van der Waals surface area (Å²) >= 11 is 0. The van der Waals surface area contributed by atoms with Crippen LogP contribution < -0.4 is 0 Å². The third kappa shape index (κ3) is 6.31. The molecule has 0 aromatic heterocycles. The lowest BCUT2D eigenvalue weighted by Gasteiger charge is -2.03. The summed E-state index contributed by atoms with van der Waals surface area (Å²) in [6.45, 7) is 5.95. The highest BCUT2D eigenvalue weighted by Crippen LogP contribution is 2.11. The molecule has 0 bridgehead atoms. The minimum Gasteiger partial charge on any atom is -0.103 e. The Balaban J connectivity index is 2.07. The van der Waals surface area contributed by atoms with Gasteiger partial charge in [0.2, 0.25) is 0 Å². The molecule has 0 saturated heterocycles. The molecular formula is C17H26. The first-order chi connectivity index (χ1) is 8.36. The second-order valence-corrected chi connectivity index (χ2v) is 4.77. The fourth-order valence-corrected chi connectivity index (χ4v) is 2.09. The Kier molecular flexibility index (Phi) is 7.46. The molecule has 0 aliphatic heterocycles. The van der Waals surface area contributed by atoms with Crippen LogP contribution in [0.25, 0.3) is 0 Å². The van der Waals surface area contributed by atoms with E-state index in [1.54, 1.807) is 0 Å². The van der Waals surface area contributed by atoms with Crippen molar-refractivity contribution in [2.45, 2.75) is 58.3 Å². The first kappa shape index (κ1) is 14.0. The minimum absolute atomic E-state index is 1.14. The van der Waals surface area contributed by atoms with Crippen molar-refractivity contribution in [3.8, 4) is 0 Å². The molecule has 1 rings (SSSR count). The molecule has 0 aliphatic rings. The van der Waals surface area contributed by atoms with Gasteiger partial charge in [0.15, 0.2) is 0 Å². The molecule has 0 heteroatoms. The van der Waals surface area contributed by atoms with Gasteiger partial charge in [-0.2, -0.15) is 0 Å². The van der Waals surface area contributed by atoms with Gasteiger partial charge in [-0.15, -0.1) is 6.58 Å². The molecule has 0 saturated carbocycles. The third-order valence-electron chi connectivity index (χ3n) is 3.30. The predicted octanol–water partition coefficient (Wildman–Crippen LogP) is 5.32. The molecular weight excluding hydrogens is 204 g/mol. The van der Waals surface area contributed by atoms with Gasteiger partial charge in [0, 0.05) is 0 Å². The van der Waals surface area contributed by atoms with Crippen LogP contribution in [-0.4, -0.2) is 0 Å². The average Bonchev–Trinajstić information content (AvgIpc) is 2.38. The second kappa shape index (κ2) is 9.04. The van der Waals surface area contributed by atoms with Crippen LogP contribution >= 0.6 is 0 Å². The zero-order valence-corrected chi connectivity index (χ0v) is 11.3. The van der Waals surface area contributed by atoms with Gasteiger partial charge in [-0.1, -0.05) is 56.5 Å². The maximum atomic E-state index is 3.75. The van der Waals surface area contributed by atoms with Crippen LogP contribution in [0.1, 0.15) is 56.6 Å². The highest BCUT2D eigenvalue weighted by atomic mass is 14.0. The number of unbranched alkanes of at least 4 members (excludes halogenated alkanes) is 5. The minimum atomic E-state index is 1.14. The van der Waals surface area contributed by atoms with Crippen molar-refractivity contribution in [2.75, 3.05) is 0 Å². The lowest BCUT2D eigenvalue weighted by atomic mass is 10.0. The Morgan fingerprint density at radius 2 is 1.47 bits per heavy atom. The van der Waals surface area contributed by atoms with Gasteiger partial charge in [-0.05, 0) is 43.2 Å². The second-order valence-electron chi connectivity index (χ2n) is 4.77. The summed E-state index contributed by atoms with van der Waals surface area (Å²) in [6, 6.07) is 9.10. The van der Waals surface area contributed by atoms with Crippen LogP contribution in [0.5, 0.6) is 0 Å². The number of hydrogen-bond donors (Lipinski definition) is 0. The molecule has 1 aromatic carbocycles.